The minimum atomic E-state index is -0.351. The highest BCUT2D eigenvalue weighted by atomic mass is 32.2. The van der Waals surface area contributed by atoms with E-state index in [-0.39, 0.29) is 23.3 Å². The van der Waals surface area contributed by atoms with E-state index in [1.165, 1.54) is 48.4 Å². The fraction of sp³-hybridized carbons (Fsp3) is 0.227. The second kappa shape index (κ2) is 9.74. The molecule has 9 heteroatoms. The van der Waals surface area contributed by atoms with Gasteiger partial charge in [0.15, 0.2) is 0 Å². The summed E-state index contributed by atoms with van der Waals surface area (Å²) in [6.07, 6.45) is 1.48. The quantitative estimate of drug-likeness (QED) is 0.464. The smallest absolute Gasteiger partial charge is 0.234 e. The Morgan fingerprint density at radius 3 is 2.42 bits per heavy atom. The minimum absolute atomic E-state index is 0.175. The maximum atomic E-state index is 14.0. The summed E-state index contributed by atoms with van der Waals surface area (Å²) in [6.45, 7) is 2.79. The van der Waals surface area contributed by atoms with Crippen LogP contribution in [0.1, 0.15) is 0 Å². The number of hydrogen-bond donors (Lipinski definition) is 1. The minimum Gasteiger partial charge on any atom is -0.366 e. The molecule has 3 aromatic rings. The zero-order valence-electron chi connectivity index (χ0n) is 16.7. The van der Waals surface area contributed by atoms with Crippen LogP contribution in [0.3, 0.4) is 0 Å². The Labute approximate surface area is 183 Å². The van der Waals surface area contributed by atoms with Gasteiger partial charge in [0.2, 0.25) is 5.91 Å². The Hall–Kier alpha value is -3.20. The standard InChI is InChI=1S/C22H21F2N5OS/c23-16-5-7-17(8-6-16)27-21(30)14-31-22-13-20(25-15-26-22)29-11-9-28(10-12-29)19-4-2-1-3-18(19)24/h1-8,13,15H,9-12,14H2,(H,27,30). The molecule has 0 bridgehead atoms. The van der Waals surface area contributed by atoms with Crippen LogP contribution in [0.25, 0.3) is 0 Å². The Morgan fingerprint density at radius 1 is 0.968 bits per heavy atom. The average Bonchev–Trinajstić information content (AvgIpc) is 2.80. The van der Waals surface area contributed by atoms with Gasteiger partial charge in [-0.15, -0.1) is 0 Å². The Balaban J connectivity index is 1.31. The number of amides is 1. The predicted molar refractivity (Wildman–Crippen MR) is 119 cm³/mol. The van der Waals surface area contributed by atoms with Crippen LogP contribution in [0.5, 0.6) is 0 Å². The predicted octanol–water partition coefficient (Wildman–Crippen LogP) is 3.81. The topological polar surface area (TPSA) is 61.4 Å². The molecule has 1 saturated heterocycles. The highest BCUT2D eigenvalue weighted by molar-refractivity contribution is 7.99. The maximum absolute atomic E-state index is 14.0. The number of carbonyl (C=O) groups is 1. The van der Waals surface area contributed by atoms with Crippen molar-refractivity contribution in [1.29, 1.82) is 0 Å². The van der Waals surface area contributed by atoms with Gasteiger partial charge >= 0.3 is 0 Å². The summed E-state index contributed by atoms with van der Waals surface area (Å²) in [5.41, 5.74) is 1.16. The summed E-state index contributed by atoms with van der Waals surface area (Å²) in [4.78, 5) is 24.9. The third kappa shape index (κ3) is 5.49. The van der Waals surface area contributed by atoms with Gasteiger partial charge in [0.25, 0.3) is 0 Å². The molecule has 1 aliphatic heterocycles. The molecule has 0 aliphatic carbocycles. The van der Waals surface area contributed by atoms with E-state index >= 15 is 0 Å². The van der Waals surface area contributed by atoms with Crippen molar-refractivity contribution in [3.63, 3.8) is 0 Å². The Morgan fingerprint density at radius 2 is 1.68 bits per heavy atom. The summed E-state index contributed by atoms with van der Waals surface area (Å²) < 4.78 is 27.0. The first-order chi connectivity index (χ1) is 15.1. The molecule has 6 nitrogen and oxygen atoms in total. The van der Waals surface area contributed by atoms with Gasteiger partial charge in [0, 0.05) is 37.9 Å². The molecular formula is C22H21F2N5OS. The fourth-order valence-electron chi connectivity index (χ4n) is 3.34. The second-order valence-electron chi connectivity index (χ2n) is 6.98. The molecule has 0 spiro atoms. The molecule has 1 aliphatic rings. The summed E-state index contributed by atoms with van der Waals surface area (Å²) in [5, 5.41) is 3.42. The summed E-state index contributed by atoms with van der Waals surface area (Å²) in [7, 11) is 0. The van der Waals surface area contributed by atoms with Gasteiger partial charge in [-0.25, -0.2) is 18.7 Å². The summed E-state index contributed by atoms with van der Waals surface area (Å²) in [6, 6.07) is 14.3. The van der Waals surface area contributed by atoms with E-state index in [0.717, 1.165) is 5.82 Å². The summed E-state index contributed by atoms with van der Waals surface area (Å²) >= 11 is 1.30. The molecule has 0 atom stereocenters. The van der Waals surface area contributed by atoms with Crippen molar-refractivity contribution in [2.75, 3.05) is 47.0 Å². The molecule has 1 N–H and O–H groups in total. The zero-order valence-corrected chi connectivity index (χ0v) is 17.5. The molecule has 4 rings (SSSR count). The van der Waals surface area contributed by atoms with Crippen LogP contribution >= 0.6 is 11.8 Å². The number of benzene rings is 2. The van der Waals surface area contributed by atoms with E-state index in [9.17, 15) is 13.6 Å². The molecule has 160 valence electrons. The molecule has 1 amide bonds. The van der Waals surface area contributed by atoms with Crippen molar-refractivity contribution in [3.05, 3.63) is 72.6 Å². The van der Waals surface area contributed by atoms with E-state index in [2.05, 4.69) is 20.2 Å². The van der Waals surface area contributed by atoms with Crippen molar-refractivity contribution in [3.8, 4) is 0 Å². The molecule has 0 radical (unpaired) electrons. The van der Waals surface area contributed by atoms with Crippen LogP contribution in [-0.4, -0.2) is 47.8 Å². The lowest BCUT2D eigenvalue weighted by Crippen LogP contribution is -2.47. The first-order valence-corrected chi connectivity index (χ1v) is 10.8. The number of aromatic nitrogens is 2. The lowest BCUT2D eigenvalue weighted by atomic mass is 10.2. The number of hydrogen-bond acceptors (Lipinski definition) is 6. The van der Waals surface area contributed by atoms with Crippen molar-refractivity contribution >= 4 is 34.9 Å². The molecule has 2 heterocycles. The zero-order chi connectivity index (χ0) is 21.6. The normalized spacial score (nSPS) is 13.9. The lowest BCUT2D eigenvalue weighted by molar-refractivity contribution is -0.113. The van der Waals surface area contributed by atoms with E-state index in [1.54, 1.807) is 12.1 Å². The monoisotopic (exact) mass is 441 g/mol. The van der Waals surface area contributed by atoms with E-state index in [4.69, 9.17) is 0 Å². The molecule has 1 fully saturated rings. The molecule has 0 saturated carbocycles. The van der Waals surface area contributed by atoms with Crippen molar-refractivity contribution in [1.82, 2.24) is 9.97 Å². The molecule has 1 aromatic heterocycles. The van der Waals surface area contributed by atoms with Gasteiger partial charge < -0.3 is 15.1 Å². The average molecular weight is 442 g/mol. The highest BCUT2D eigenvalue weighted by Crippen LogP contribution is 2.24. The Kier molecular flexibility index (Phi) is 6.61. The van der Waals surface area contributed by atoms with Crippen LogP contribution in [0.15, 0.2) is 66.0 Å². The number of carbonyl (C=O) groups excluding carboxylic acids is 1. The van der Waals surface area contributed by atoms with E-state index < -0.39 is 0 Å². The van der Waals surface area contributed by atoms with Crippen LogP contribution in [-0.2, 0) is 4.79 Å². The molecule has 31 heavy (non-hydrogen) atoms. The van der Waals surface area contributed by atoms with Gasteiger partial charge in [-0.3, -0.25) is 4.79 Å². The molecule has 2 aromatic carbocycles. The largest absolute Gasteiger partial charge is 0.366 e. The van der Waals surface area contributed by atoms with Gasteiger partial charge in [0.05, 0.1) is 11.4 Å². The third-order valence-corrected chi connectivity index (χ3v) is 5.83. The lowest BCUT2D eigenvalue weighted by Gasteiger charge is -2.36. The van der Waals surface area contributed by atoms with Crippen molar-refractivity contribution < 1.29 is 13.6 Å². The maximum Gasteiger partial charge on any atom is 0.234 e. The molecule has 0 unspecified atom stereocenters. The van der Waals surface area contributed by atoms with E-state index in [1.807, 2.05) is 17.0 Å². The van der Waals surface area contributed by atoms with Crippen LogP contribution in [0, 0.1) is 11.6 Å². The number of halogens is 2. The first-order valence-electron chi connectivity index (χ1n) is 9.83. The number of nitrogens with one attached hydrogen (secondary N) is 1. The second-order valence-corrected chi connectivity index (χ2v) is 7.98. The SMILES string of the molecule is O=C(CSc1cc(N2CCN(c3ccccc3F)CC2)ncn1)Nc1ccc(F)cc1. The Bertz CT molecular complexity index is 1040. The van der Waals surface area contributed by atoms with E-state index in [0.29, 0.717) is 42.6 Å². The first kappa shape index (κ1) is 21.0. The number of nitrogens with zero attached hydrogens (tertiary/aromatic N) is 4. The number of piperazine rings is 1. The number of rotatable bonds is 6. The van der Waals surface area contributed by atoms with Gasteiger partial charge in [-0.1, -0.05) is 23.9 Å². The highest BCUT2D eigenvalue weighted by Gasteiger charge is 2.20. The van der Waals surface area contributed by atoms with Crippen LogP contribution in [0.2, 0.25) is 0 Å². The van der Waals surface area contributed by atoms with Gasteiger partial charge in [-0.2, -0.15) is 0 Å². The molecular weight excluding hydrogens is 420 g/mol. The van der Waals surface area contributed by atoms with Crippen molar-refractivity contribution in [2.24, 2.45) is 0 Å². The number of para-hydroxylation sites is 1. The van der Waals surface area contributed by atoms with Crippen LogP contribution < -0.4 is 15.1 Å². The third-order valence-electron chi connectivity index (χ3n) is 4.90. The van der Waals surface area contributed by atoms with Crippen LogP contribution in [0.4, 0.5) is 26.0 Å². The fourth-order valence-corrected chi connectivity index (χ4v) is 4.00. The van der Waals surface area contributed by atoms with Gasteiger partial charge in [-0.05, 0) is 36.4 Å². The summed E-state index contributed by atoms with van der Waals surface area (Å²) in [5.74, 6) is 0.195. The van der Waals surface area contributed by atoms with Crippen molar-refractivity contribution in [2.45, 2.75) is 5.03 Å². The van der Waals surface area contributed by atoms with Gasteiger partial charge in [0.1, 0.15) is 28.8 Å². The number of thioether (sulfide) groups is 1. The number of anilines is 3.